The van der Waals surface area contributed by atoms with Gasteiger partial charge in [0.05, 0.1) is 0 Å². The quantitative estimate of drug-likeness (QED) is 0.335. The highest BCUT2D eigenvalue weighted by Gasteiger charge is 2.12. The summed E-state index contributed by atoms with van der Waals surface area (Å²) in [5, 5.41) is 0. The van der Waals surface area contributed by atoms with Gasteiger partial charge in [0, 0.05) is 29.7 Å². The average Bonchev–Trinajstić information content (AvgIpc) is 2.74. The molecule has 0 unspecified atom stereocenters. The molecule has 3 aromatic rings. The van der Waals surface area contributed by atoms with Gasteiger partial charge in [-0.3, -0.25) is 0 Å². The van der Waals surface area contributed by atoms with Gasteiger partial charge in [0.1, 0.15) is 12.1 Å². The SMILES string of the molecule is CN(Cc1cccc(F)c1)/C(=C\C[C@H](C=O)Cc1cccc(Br)c1)c1ccccc1. The highest BCUT2D eigenvalue weighted by molar-refractivity contribution is 9.10. The van der Waals surface area contributed by atoms with E-state index in [-0.39, 0.29) is 11.7 Å². The fourth-order valence-corrected chi connectivity index (χ4v) is 3.96. The summed E-state index contributed by atoms with van der Waals surface area (Å²) in [5.41, 5.74) is 4.13. The molecule has 154 valence electrons. The van der Waals surface area contributed by atoms with Crippen molar-refractivity contribution < 1.29 is 9.18 Å². The molecule has 0 aliphatic rings. The van der Waals surface area contributed by atoms with Crippen molar-refractivity contribution in [3.05, 3.63) is 112 Å². The van der Waals surface area contributed by atoms with Crippen LogP contribution in [0, 0.1) is 11.7 Å². The second kappa shape index (κ2) is 10.9. The summed E-state index contributed by atoms with van der Waals surface area (Å²) >= 11 is 3.49. The van der Waals surface area contributed by atoms with Crippen molar-refractivity contribution in [2.75, 3.05) is 7.05 Å². The van der Waals surface area contributed by atoms with Crippen molar-refractivity contribution in [1.82, 2.24) is 4.90 Å². The molecule has 0 heterocycles. The lowest BCUT2D eigenvalue weighted by Gasteiger charge is -2.24. The Morgan fingerprint density at radius 1 is 1.00 bits per heavy atom. The van der Waals surface area contributed by atoms with Crippen LogP contribution in [0.4, 0.5) is 4.39 Å². The van der Waals surface area contributed by atoms with Gasteiger partial charge in [0.15, 0.2) is 0 Å². The van der Waals surface area contributed by atoms with Crippen LogP contribution < -0.4 is 0 Å². The summed E-state index contributed by atoms with van der Waals surface area (Å²) in [4.78, 5) is 13.8. The summed E-state index contributed by atoms with van der Waals surface area (Å²) in [6, 6.07) is 24.8. The number of halogens is 2. The topological polar surface area (TPSA) is 20.3 Å². The fourth-order valence-electron chi connectivity index (χ4n) is 3.51. The predicted molar refractivity (Wildman–Crippen MR) is 124 cm³/mol. The minimum absolute atomic E-state index is 0.111. The normalized spacial score (nSPS) is 12.4. The Kier molecular flexibility index (Phi) is 7.97. The van der Waals surface area contributed by atoms with Crippen LogP contribution in [0.2, 0.25) is 0 Å². The Morgan fingerprint density at radius 3 is 2.43 bits per heavy atom. The van der Waals surface area contributed by atoms with Crippen LogP contribution in [0.25, 0.3) is 5.70 Å². The molecule has 0 fully saturated rings. The zero-order valence-corrected chi connectivity index (χ0v) is 18.6. The first kappa shape index (κ1) is 22.0. The second-order valence-corrected chi connectivity index (χ2v) is 8.32. The summed E-state index contributed by atoms with van der Waals surface area (Å²) in [7, 11) is 1.99. The van der Waals surface area contributed by atoms with Crippen LogP contribution in [0.3, 0.4) is 0 Å². The number of nitrogens with zero attached hydrogens (tertiary/aromatic N) is 1. The van der Waals surface area contributed by atoms with E-state index < -0.39 is 0 Å². The molecule has 0 radical (unpaired) electrons. The summed E-state index contributed by atoms with van der Waals surface area (Å²) < 4.78 is 14.6. The maximum absolute atomic E-state index is 13.6. The van der Waals surface area contributed by atoms with Gasteiger partial charge in [-0.25, -0.2) is 4.39 Å². The van der Waals surface area contributed by atoms with Gasteiger partial charge >= 0.3 is 0 Å². The lowest BCUT2D eigenvalue weighted by atomic mass is 9.96. The largest absolute Gasteiger partial charge is 0.370 e. The molecule has 0 spiro atoms. The Bertz CT molecular complexity index is 1000. The van der Waals surface area contributed by atoms with Crippen molar-refractivity contribution in [2.24, 2.45) is 5.92 Å². The lowest BCUT2D eigenvalue weighted by Crippen LogP contribution is -2.17. The van der Waals surface area contributed by atoms with Crippen LogP contribution in [0.5, 0.6) is 0 Å². The Morgan fingerprint density at radius 2 is 1.73 bits per heavy atom. The van der Waals surface area contributed by atoms with E-state index in [2.05, 4.69) is 39.0 Å². The molecular formula is C26H25BrFNO. The van der Waals surface area contributed by atoms with Crippen LogP contribution in [0.1, 0.15) is 23.1 Å². The van der Waals surface area contributed by atoms with Crippen LogP contribution in [-0.4, -0.2) is 18.2 Å². The van der Waals surface area contributed by atoms with Gasteiger partial charge in [0.2, 0.25) is 0 Å². The molecule has 0 aliphatic heterocycles. The van der Waals surface area contributed by atoms with Crippen molar-refractivity contribution in [3.63, 3.8) is 0 Å². The van der Waals surface area contributed by atoms with E-state index in [4.69, 9.17) is 0 Å². The number of hydrogen-bond acceptors (Lipinski definition) is 2. The van der Waals surface area contributed by atoms with Gasteiger partial charge in [-0.15, -0.1) is 0 Å². The average molecular weight is 466 g/mol. The number of rotatable bonds is 9. The van der Waals surface area contributed by atoms with E-state index in [0.29, 0.717) is 19.4 Å². The Hall–Kier alpha value is -2.72. The zero-order chi connectivity index (χ0) is 21.3. The number of carbonyl (C=O) groups is 1. The monoisotopic (exact) mass is 465 g/mol. The number of benzene rings is 3. The van der Waals surface area contributed by atoms with E-state index in [1.807, 2.05) is 55.6 Å². The Balaban J connectivity index is 1.80. The number of carbonyl (C=O) groups excluding carboxylic acids is 1. The molecule has 4 heteroatoms. The molecule has 30 heavy (non-hydrogen) atoms. The maximum atomic E-state index is 13.6. The molecule has 0 amide bonds. The summed E-state index contributed by atoms with van der Waals surface area (Å²) in [5.74, 6) is -0.346. The minimum Gasteiger partial charge on any atom is -0.370 e. The molecule has 2 nitrogen and oxygen atoms in total. The molecule has 0 N–H and O–H groups in total. The first-order chi connectivity index (χ1) is 14.5. The third kappa shape index (κ3) is 6.39. The van der Waals surface area contributed by atoms with Gasteiger partial charge in [0.25, 0.3) is 0 Å². The van der Waals surface area contributed by atoms with Gasteiger partial charge < -0.3 is 9.69 Å². The van der Waals surface area contributed by atoms with E-state index in [9.17, 15) is 9.18 Å². The van der Waals surface area contributed by atoms with Gasteiger partial charge in [-0.05, 0) is 53.8 Å². The molecule has 3 rings (SSSR count). The predicted octanol–water partition coefficient (Wildman–Crippen LogP) is 6.51. The first-order valence-electron chi connectivity index (χ1n) is 9.96. The highest BCUT2D eigenvalue weighted by Crippen LogP contribution is 2.23. The fraction of sp³-hybridized carbons (Fsp3) is 0.192. The van der Waals surface area contributed by atoms with E-state index in [0.717, 1.165) is 33.1 Å². The van der Waals surface area contributed by atoms with E-state index in [1.165, 1.54) is 6.07 Å². The van der Waals surface area contributed by atoms with Gasteiger partial charge in [-0.1, -0.05) is 76.6 Å². The summed E-state index contributed by atoms with van der Waals surface area (Å²) in [6.45, 7) is 0.579. The molecule has 0 aromatic heterocycles. The lowest BCUT2D eigenvalue weighted by molar-refractivity contribution is -0.111. The van der Waals surface area contributed by atoms with Crippen LogP contribution in [0.15, 0.2) is 89.4 Å². The standard InChI is InChI=1S/C26H25BrFNO/c1-29(18-21-8-6-12-25(28)17-21)26(23-9-3-2-4-10-23)14-13-22(19-30)15-20-7-5-11-24(27)16-20/h2-12,14,16-17,19,22H,13,15,18H2,1H3/b26-14-/t22-/m0/s1. The molecule has 0 aliphatic carbocycles. The Labute approximate surface area is 186 Å². The van der Waals surface area contributed by atoms with Crippen molar-refractivity contribution in [2.45, 2.75) is 19.4 Å². The third-order valence-corrected chi connectivity index (χ3v) is 5.48. The molecule has 0 saturated heterocycles. The maximum Gasteiger partial charge on any atom is 0.123 e. The van der Waals surface area contributed by atoms with E-state index in [1.54, 1.807) is 12.1 Å². The zero-order valence-electron chi connectivity index (χ0n) is 17.0. The molecule has 1 atom stereocenters. The van der Waals surface area contributed by atoms with E-state index >= 15 is 0 Å². The molecule has 0 bridgehead atoms. The number of aldehydes is 1. The minimum atomic E-state index is -0.235. The summed E-state index contributed by atoms with van der Waals surface area (Å²) in [6.07, 6.45) is 4.47. The number of allylic oxidation sites excluding steroid dienone is 1. The van der Waals surface area contributed by atoms with Crippen molar-refractivity contribution >= 4 is 27.9 Å². The highest BCUT2D eigenvalue weighted by atomic mass is 79.9. The van der Waals surface area contributed by atoms with Crippen LogP contribution in [-0.2, 0) is 17.8 Å². The smallest absolute Gasteiger partial charge is 0.123 e. The third-order valence-electron chi connectivity index (χ3n) is 4.98. The second-order valence-electron chi connectivity index (χ2n) is 7.41. The first-order valence-corrected chi connectivity index (χ1v) is 10.8. The number of hydrogen-bond donors (Lipinski definition) is 0. The van der Waals surface area contributed by atoms with Crippen LogP contribution >= 0.6 is 15.9 Å². The van der Waals surface area contributed by atoms with Crippen molar-refractivity contribution in [1.29, 1.82) is 0 Å². The van der Waals surface area contributed by atoms with Crippen molar-refractivity contribution in [3.8, 4) is 0 Å². The molecular weight excluding hydrogens is 441 g/mol. The van der Waals surface area contributed by atoms with Gasteiger partial charge in [-0.2, -0.15) is 0 Å². The molecule has 3 aromatic carbocycles. The molecule has 0 saturated carbocycles.